The molecule has 6 heteroatoms. The summed E-state index contributed by atoms with van der Waals surface area (Å²) in [5.74, 6) is -5.64. The minimum atomic E-state index is -1.42. The lowest BCUT2D eigenvalue weighted by molar-refractivity contribution is -0.164. The van der Waals surface area contributed by atoms with Crippen LogP contribution in [0.1, 0.15) is 26.7 Å². The Morgan fingerprint density at radius 2 is 1.06 bits per heavy atom. The third-order valence-electron chi connectivity index (χ3n) is 2.63. The normalized spacial score (nSPS) is 13.3. The second-order valence-electron chi connectivity index (χ2n) is 3.64. The average molecular weight is 258 g/mol. The maximum absolute atomic E-state index is 11.7. The Hall–Kier alpha value is -1.72. The van der Waals surface area contributed by atoms with Crippen LogP contribution in [0.2, 0.25) is 0 Å². The molecular weight excluding hydrogens is 240 g/mol. The molecule has 102 valence electrons. The molecule has 0 aliphatic heterocycles. The molecular formula is C12H18O6. The number of carbonyl (C=O) groups excluding carboxylic acids is 4. The summed E-state index contributed by atoms with van der Waals surface area (Å²) in [5.41, 5.74) is 0. The van der Waals surface area contributed by atoms with Crippen molar-refractivity contribution < 1.29 is 28.7 Å². The van der Waals surface area contributed by atoms with E-state index in [1.54, 1.807) is 13.8 Å². The summed E-state index contributed by atoms with van der Waals surface area (Å²) >= 11 is 0. The van der Waals surface area contributed by atoms with Crippen LogP contribution in [-0.2, 0) is 28.7 Å². The molecule has 0 aliphatic carbocycles. The topological polar surface area (TPSA) is 86.7 Å². The third kappa shape index (κ3) is 3.65. The maximum atomic E-state index is 11.7. The monoisotopic (exact) mass is 258 g/mol. The first-order valence-corrected chi connectivity index (χ1v) is 5.65. The Morgan fingerprint density at radius 1 is 0.778 bits per heavy atom. The van der Waals surface area contributed by atoms with E-state index in [2.05, 4.69) is 9.47 Å². The first kappa shape index (κ1) is 16.3. The largest absolute Gasteiger partial charge is 0.468 e. The number of Topliss-reactive ketones (excluding diaryl/α,β-unsaturated/α-hetero) is 2. The van der Waals surface area contributed by atoms with Crippen molar-refractivity contribution in [1.82, 2.24) is 0 Å². The standard InChI is InChI=1S/C12H18O6/c1-5-7(13)9(11(15)17-3)10(8(14)6-2)12(16)18-4/h9-10H,5-6H2,1-4H3. The highest BCUT2D eigenvalue weighted by molar-refractivity contribution is 6.11. The molecule has 0 bridgehead atoms. The number of methoxy groups -OCH3 is 2. The van der Waals surface area contributed by atoms with Crippen molar-refractivity contribution in [1.29, 1.82) is 0 Å². The van der Waals surface area contributed by atoms with Crippen molar-refractivity contribution in [3.05, 3.63) is 0 Å². The van der Waals surface area contributed by atoms with Crippen LogP contribution < -0.4 is 0 Å². The smallest absolute Gasteiger partial charge is 0.317 e. The quantitative estimate of drug-likeness (QED) is 0.489. The SMILES string of the molecule is CCC(=O)C(C(=O)OC)C(C(=O)CC)C(=O)OC. The van der Waals surface area contributed by atoms with Gasteiger partial charge in [0.05, 0.1) is 14.2 Å². The maximum Gasteiger partial charge on any atom is 0.317 e. The van der Waals surface area contributed by atoms with Crippen LogP contribution in [0.25, 0.3) is 0 Å². The van der Waals surface area contributed by atoms with E-state index in [1.165, 1.54) is 0 Å². The molecule has 0 rings (SSSR count). The van der Waals surface area contributed by atoms with Gasteiger partial charge in [-0.15, -0.1) is 0 Å². The summed E-state index contributed by atoms with van der Waals surface area (Å²) in [6, 6.07) is 0. The summed E-state index contributed by atoms with van der Waals surface area (Å²) < 4.78 is 8.97. The van der Waals surface area contributed by atoms with Gasteiger partial charge in [0.15, 0.2) is 0 Å². The highest BCUT2D eigenvalue weighted by Gasteiger charge is 2.43. The van der Waals surface area contributed by atoms with E-state index in [4.69, 9.17) is 0 Å². The minimum absolute atomic E-state index is 0.0320. The molecule has 0 spiro atoms. The Bertz CT molecular complexity index is 280. The zero-order valence-corrected chi connectivity index (χ0v) is 11.0. The zero-order chi connectivity index (χ0) is 14.3. The van der Waals surface area contributed by atoms with Crippen molar-refractivity contribution in [3.8, 4) is 0 Å². The Balaban J connectivity index is 5.47. The molecule has 0 N–H and O–H groups in total. The summed E-state index contributed by atoms with van der Waals surface area (Å²) in [5, 5.41) is 0. The molecule has 6 nitrogen and oxygen atoms in total. The van der Waals surface area contributed by atoms with E-state index in [1.807, 2.05) is 0 Å². The van der Waals surface area contributed by atoms with E-state index >= 15 is 0 Å². The number of ketones is 2. The van der Waals surface area contributed by atoms with Gasteiger partial charge in [0, 0.05) is 12.8 Å². The third-order valence-corrected chi connectivity index (χ3v) is 2.63. The number of esters is 2. The highest BCUT2D eigenvalue weighted by atomic mass is 16.5. The molecule has 0 heterocycles. The van der Waals surface area contributed by atoms with Crippen molar-refractivity contribution in [2.24, 2.45) is 11.8 Å². The Labute approximate surface area is 106 Å². The molecule has 0 radical (unpaired) electrons. The van der Waals surface area contributed by atoms with Gasteiger partial charge in [-0.05, 0) is 0 Å². The fourth-order valence-corrected chi connectivity index (χ4v) is 1.60. The number of hydrogen-bond donors (Lipinski definition) is 0. The number of carbonyl (C=O) groups is 4. The molecule has 2 atom stereocenters. The molecule has 0 saturated heterocycles. The van der Waals surface area contributed by atoms with Crippen molar-refractivity contribution in [3.63, 3.8) is 0 Å². The highest BCUT2D eigenvalue weighted by Crippen LogP contribution is 2.21. The molecule has 0 saturated carbocycles. The fourth-order valence-electron chi connectivity index (χ4n) is 1.60. The lowest BCUT2D eigenvalue weighted by Crippen LogP contribution is -2.41. The number of rotatable bonds is 7. The molecule has 0 fully saturated rings. The van der Waals surface area contributed by atoms with Crippen molar-refractivity contribution >= 4 is 23.5 Å². The van der Waals surface area contributed by atoms with Crippen LogP contribution in [-0.4, -0.2) is 37.7 Å². The zero-order valence-electron chi connectivity index (χ0n) is 11.0. The second-order valence-corrected chi connectivity index (χ2v) is 3.64. The summed E-state index contributed by atoms with van der Waals surface area (Å²) in [4.78, 5) is 46.7. The van der Waals surface area contributed by atoms with Crippen LogP contribution in [0.3, 0.4) is 0 Å². The summed E-state index contributed by atoms with van der Waals surface area (Å²) in [6.07, 6.45) is 0.0640. The fraction of sp³-hybridized carbons (Fsp3) is 0.667. The first-order chi connectivity index (χ1) is 8.44. The van der Waals surface area contributed by atoms with Gasteiger partial charge in [0.2, 0.25) is 0 Å². The van der Waals surface area contributed by atoms with Crippen LogP contribution in [0.15, 0.2) is 0 Å². The molecule has 2 unspecified atom stereocenters. The van der Waals surface area contributed by atoms with Crippen LogP contribution in [0, 0.1) is 11.8 Å². The Kier molecular flexibility index (Phi) is 6.85. The van der Waals surface area contributed by atoms with Crippen molar-refractivity contribution in [2.75, 3.05) is 14.2 Å². The lowest BCUT2D eigenvalue weighted by Gasteiger charge is -2.20. The molecule has 0 aromatic carbocycles. The number of hydrogen-bond acceptors (Lipinski definition) is 6. The van der Waals surface area contributed by atoms with Gasteiger partial charge in [0.25, 0.3) is 0 Å². The van der Waals surface area contributed by atoms with E-state index in [0.29, 0.717) is 0 Å². The Morgan fingerprint density at radius 3 is 1.22 bits per heavy atom. The molecule has 0 amide bonds. The molecule has 0 aliphatic rings. The van der Waals surface area contributed by atoms with Gasteiger partial charge in [-0.25, -0.2) is 0 Å². The van der Waals surface area contributed by atoms with Crippen LogP contribution in [0.5, 0.6) is 0 Å². The van der Waals surface area contributed by atoms with E-state index in [0.717, 1.165) is 14.2 Å². The van der Waals surface area contributed by atoms with Gasteiger partial charge in [-0.2, -0.15) is 0 Å². The second kappa shape index (κ2) is 7.58. The minimum Gasteiger partial charge on any atom is -0.468 e. The van der Waals surface area contributed by atoms with E-state index in [9.17, 15) is 19.2 Å². The lowest BCUT2D eigenvalue weighted by atomic mass is 9.83. The van der Waals surface area contributed by atoms with Gasteiger partial charge < -0.3 is 9.47 Å². The summed E-state index contributed by atoms with van der Waals surface area (Å²) in [6.45, 7) is 3.09. The predicted octanol–water partition coefficient (Wildman–Crippen LogP) is 0.523. The van der Waals surface area contributed by atoms with Crippen molar-refractivity contribution in [2.45, 2.75) is 26.7 Å². The number of ether oxygens (including phenoxy) is 2. The predicted molar refractivity (Wildman–Crippen MR) is 61.6 cm³/mol. The average Bonchev–Trinajstić information content (AvgIpc) is 2.41. The van der Waals surface area contributed by atoms with Gasteiger partial charge >= 0.3 is 11.9 Å². The van der Waals surface area contributed by atoms with Crippen LogP contribution >= 0.6 is 0 Å². The first-order valence-electron chi connectivity index (χ1n) is 5.65. The van der Waals surface area contributed by atoms with E-state index < -0.39 is 35.3 Å². The summed E-state index contributed by atoms with van der Waals surface area (Å²) in [7, 11) is 2.20. The molecule has 0 aromatic rings. The van der Waals surface area contributed by atoms with Gasteiger partial charge in [0.1, 0.15) is 23.4 Å². The molecule has 0 aromatic heterocycles. The molecule has 18 heavy (non-hydrogen) atoms. The van der Waals surface area contributed by atoms with E-state index in [-0.39, 0.29) is 12.8 Å². The van der Waals surface area contributed by atoms with Crippen LogP contribution in [0.4, 0.5) is 0 Å². The van der Waals surface area contributed by atoms with Gasteiger partial charge in [-0.1, -0.05) is 13.8 Å². The van der Waals surface area contributed by atoms with Gasteiger partial charge in [-0.3, -0.25) is 19.2 Å².